The number of carbonyl (C=O) groups excluding carboxylic acids is 2. The first-order valence-corrected chi connectivity index (χ1v) is 11.4. The Hall–Kier alpha value is -1.58. The number of hydrogen-bond donors (Lipinski definition) is 2. The third-order valence-corrected chi connectivity index (χ3v) is 9.60. The van der Waals surface area contributed by atoms with Crippen LogP contribution in [0.15, 0.2) is 24.3 Å². The summed E-state index contributed by atoms with van der Waals surface area (Å²) in [6, 6.07) is -0.104. The Morgan fingerprint density at radius 3 is 1.79 bits per heavy atom. The summed E-state index contributed by atoms with van der Waals surface area (Å²) in [5.41, 5.74) is 1.46. The minimum absolute atomic E-state index is 0.0425. The molecule has 0 radical (unpaired) electrons. The van der Waals surface area contributed by atoms with E-state index in [4.69, 9.17) is 0 Å². The van der Waals surface area contributed by atoms with E-state index in [2.05, 4.69) is 51.5 Å². The second-order valence-corrected chi connectivity index (χ2v) is 11.5. The third-order valence-electron chi connectivity index (χ3n) is 9.60. The van der Waals surface area contributed by atoms with E-state index in [1.807, 2.05) is 6.92 Å². The molecule has 5 unspecified atom stereocenters. The zero-order chi connectivity index (χ0) is 21.4. The van der Waals surface area contributed by atoms with Gasteiger partial charge in [-0.3, -0.25) is 9.59 Å². The van der Waals surface area contributed by atoms with E-state index < -0.39 is 10.8 Å². The summed E-state index contributed by atoms with van der Waals surface area (Å²) in [6.07, 6.45) is 5.86. The first-order chi connectivity index (χ1) is 13.4. The van der Waals surface area contributed by atoms with Crippen LogP contribution in [0.2, 0.25) is 0 Å². The zero-order valence-electron chi connectivity index (χ0n) is 18.9. The van der Waals surface area contributed by atoms with Crippen LogP contribution in [0, 0.1) is 33.5 Å². The molecule has 0 saturated heterocycles. The average Bonchev–Trinajstić information content (AvgIpc) is 3.37. The molecule has 0 aromatic rings. The van der Waals surface area contributed by atoms with Crippen molar-refractivity contribution in [3.63, 3.8) is 0 Å². The van der Waals surface area contributed by atoms with Crippen molar-refractivity contribution < 1.29 is 9.59 Å². The molecular weight excluding hydrogens is 360 g/mol. The lowest BCUT2D eigenvalue weighted by Gasteiger charge is -2.38. The van der Waals surface area contributed by atoms with Crippen LogP contribution >= 0.6 is 0 Å². The second-order valence-electron chi connectivity index (χ2n) is 11.5. The molecule has 4 rings (SSSR count). The summed E-state index contributed by atoms with van der Waals surface area (Å²) in [7, 11) is 0. The molecule has 4 saturated carbocycles. The molecule has 4 bridgehead atoms. The maximum absolute atomic E-state index is 13.2. The van der Waals surface area contributed by atoms with Crippen molar-refractivity contribution in [2.45, 2.75) is 79.2 Å². The maximum atomic E-state index is 13.2. The van der Waals surface area contributed by atoms with E-state index in [0.717, 1.165) is 49.7 Å². The Bertz CT molecular complexity index is 795. The SMILES string of the molecule is C=C1C2(C(=O)NCC(C)NC(=O)C34CCC(C3)C(C)(C)C4=C)CCC(C2)C1(C)C. The van der Waals surface area contributed by atoms with E-state index in [9.17, 15) is 9.59 Å². The van der Waals surface area contributed by atoms with E-state index in [1.165, 1.54) is 0 Å². The molecule has 4 heteroatoms. The topological polar surface area (TPSA) is 58.2 Å². The lowest BCUT2D eigenvalue weighted by molar-refractivity contribution is -0.131. The smallest absolute Gasteiger partial charge is 0.230 e. The molecule has 2 amide bonds. The van der Waals surface area contributed by atoms with E-state index >= 15 is 0 Å². The van der Waals surface area contributed by atoms with Crippen molar-refractivity contribution in [1.82, 2.24) is 10.6 Å². The maximum Gasteiger partial charge on any atom is 0.230 e. The number of amides is 2. The van der Waals surface area contributed by atoms with Crippen LogP contribution in [0.4, 0.5) is 0 Å². The van der Waals surface area contributed by atoms with Gasteiger partial charge in [0.05, 0.1) is 10.8 Å². The third kappa shape index (κ3) is 2.63. The Labute approximate surface area is 176 Å². The lowest BCUT2D eigenvalue weighted by atomic mass is 9.68. The average molecular weight is 399 g/mol. The van der Waals surface area contributed by atoms with Crippen molar-refractivity contribution in [3.8, 4) is 0 Å². The van der Waals surface area contributed by atoms with E-state index in [1.54, 1.807) is 0 Å². The molecule has 29 heavy (non-hydrogen) atoms. The molecule has 2 N–H and O–H groups in total. The summed E-state index contributed by atoms with van der Waals surface area (Å²) in [4.78, 5) is 26.3. The summed E-state index contributed by atoms with van der Waals surface area (Å²) < 4.78 is 0. The van der Waals surface area contributed by atoms with E-state index in [-0.39, 0.29) is 28.7 Å². The highest BCUT2D eigenvalue weighted by atomic mass is 16.2. The number of carbonyl (C=O) groups is 2. The van der Waals surface area contributed by atoms with Crippen LogP contribution in [0.25, 0.3) is 0 Å². The molecule has 5 atom stereocenters. The van der Waals surface area contributed by atoms with Crippen LogP contribution in [-0.2, 0) is 9.59 Å². The van der Waals surface area contributed by atoms with Crippen LogP contribution < -0.4 is 10.6 Å². The van der Waals surface area contributed by atoms with Gasteiger partial charge in [-0.2, -0.15) is 0 Å². The first-order valence-electron chi connectivity index (χ1n) is 11.4. The predicted octanol–water partition coefficient (Wildman–Crippen LogP) is 4.37. The molecule has 4 fully saturated rings. The predicted molar refractivity (Wildman–Crippen MR) is 116 cm³/mol. The van der Waals surface area contributed by atoms with Crippen molar-refractivity contribution in [3.05, 3.63) is 24.3 Å². The van der Waals surface area contributed by atoms with Crippen molar-refractivity contribution >= 4 is 11.8 Å². The monoisotopic (exact) mass is 398 g/mol. The first kappa shape index (κ1) is 20.7. The molecule has 4 aliphatic rings. The van der Waals surface area contributed by atoms with Crippen LogP contribution in [-0.4, -0.2) is 24.4 Å². The van der Waals surface area contributed by atoms with Gasteiger partial charge in [0.15, 0.2) is 0 Å². The summed E-state index contributed by atoms with van der Waals surface area (Å²) in [5, 5.41) is 6.32. The minimum atomic E-state index is -0.409. The molecular formula is C25H38N2O2. The van der Waals surface area contributed by atoms with Gasteiger partial charge in [-0.15, -0.1) is 0 Å². The number of fused-ring (bicyclic) bond motifs is 4. The van der Waals surface area contributed by atoms with Gasteiger partial charge in [0, 0.05) is 12.6 Å². The van der Waals surface area contributed by atoms with Gasteiger partial charge in [-0.1, -0.05) is 52.0 Å². The Balaban J connectivity index is 1.36. The van der Waals surface area contributed by atoms with Gasteiger partial charge in [-0.25, -0.2) is 0 Å². The lowest BCUT2D eigenvalue weighted by Crippen LogP contribution is -2.50. The fourth-order valence-corrected chi connectivity index (χ4v) is 7.11. The molecule has 160 valence electrons. The van der Waals surface area contributed by atoms with Gasteiger partial charge in [0.1, 0.15) is 0 Å². The highest BCUT2D eigenvalue weighted by Gasteiger charge is 2.62. The minimum Gasteiger partial charge on any atom is -0.353 e. The molecule has 4 nitrogen and oxygen atoms in total. The van der Waals surface area contributed by atoms with Gasteiger partial charge in [0.25, 0.3) is 0 Å². The quantitative estimate of drug-likeness (QED) is 0.676. The largest absolute Gasteiger partial charge is 0.353 e. The van der Waals surface area contributed by atoms with Crippen LogP contribution in [0.5, 0.6) is 0 Å². The molecule has 0 aromatic heterocycles. The highest BCUT2D eigenvalue weighted by Crippen LogP contribution is 2.66. The standard InChI is InChI=1S/C25H38N2O2/c1-15(27-21(29)25-11-9-19(13-25)23(6,7)17(25)3)14-26-20(28)24-10-8-18(12-24)22(4,5)16(24)2/h15,18-19H,2-3,8-14H2,1,4-7H3,(H,26,28)(H,27,29). The number of hydrogen-bond acceptors (Lipinski definition) is 2. The van der Waals surface area contributed by atoms with Crippen LogP contribution in [0.3, 0.4) is 0 Å². The summed E-state index contributed by atoms with van der Waals surface area (Å²) >= 11 is 0. The van der Waals surface area contributed by atoms with Gasteiger partial charge in [0.2, 0.25) is 11.8 Å². The van der Waals surface area contributed by atoms with Gasteiger partial charge < -0.3 is 10.6 Å². The van der Waals surface area contributed by atoms with E-state index in [0.29, 0.717) is 18.4 Å². The fraction of sp³-hybridized carbons (Fsp3) is 0.760. The fourth-order valence-electron chi connectivity index (χ4n) is 7.11. The normalized spacial score (nSPS) is 39.6. The molecule has 4 aliphatic carbocycles. The van der Waals surface area contributed by atoms with Crippen molar-refractivity contribution in [2.75, 3.05) is 6.54 Å². The summed E-state index contributed by atoms with van der Waals surface area (Å²) in [5.74, 6) is 1.32. The highest BCUT2D eigenvalue weighted by molar-refractivity contribution is 5.89. The van der Waals surface area contributed by atoms with Crippen molar-refractivity contribution in [2.24, 2.45) is 33.5 Å². The molecule has 0 aromatic carbocycles. The number of rotatable bonds is 5. The van der Waals surface area contributed by atoms with Crippen molar-refractivity contribution in [1.29, 1.82) is 0 Å². The molecule has 0 aliphatic heterocycles. The molecule has 0 heterocycles. The zero-order valence-corrected chi connectivity index (χ0v) is 18.9. The van der Waals surface area contributed by atoms with Gasteiger partial charge >= 0.3 is 0 Å². The Morgan fingerprint density at radius 2 is 1.38 bits per heavy atom. The van der Waals surface area contributed by atoms with Gasteiger partial charge in [-0.05, 0) is 68.1 Å². The summed E-state index contributed by atoms with van der Waals surface area (Å²) in [6.45, 7) is 20.0. The van der Waals surface area contributed by atoms with Crippen LogP contribution in [0.1, 0.15) is 73.1 Å². The Kier molecular flexibility index (Phi) is 4.43. The number of nitrogens with one attached hydrogen (secondary N) is 2. The Morgan fingerprint density at radius 1 is 0.931 bits per heavy atom. The molecule has 0 spiro atoms. The second kappa shape index (κ2) is 6.21.